The lowest BCUT2D eigenvalue weighted by molar-refractivity contribution is 0.135. The zero-order chi connectivity index (χ0) is 18.6. The van der Waals surface area contributed by atoms with Gasteiger partial charge in [0.05, 0.1) is 12.6 Å². The minimum atomic E-state index is 0.234. The monoisotopic (exact) mass is 382 g/mol. The maximum absolute atomic E-state index is 4.42. The molecule has 0 spiro atoms. The van der Waals surface area contributed by atoms with Gasteiger partial charge in [-0.05, 0) is 39.9 Å². The minimum Gasteiger partial charge on any atom is -0.369 e. The number of nitrogens with zero attached hydrogens (tertiary/aromatic N) is 6. The quantitative estimate of drug-likeness (QED) is 0.655. The van der Waals surface area contributed by atoms with E-state index in [2.05, 4.69) is 87.0 Å². The van der Waals surface area contributed by atoms with Gasteiger partial charge in [-0.1, -0.05) is 38.1 Å². The number of rotatable bonds is 6. The number of hydrogen-bond donors (Lipinski definition) is 0. The zero-order valence-electron chi connectivity index (χ0n) is 15.9. The molecule has 1 saturated heterocycles. The van der Waals surface area contributed by atoms with E-state index in [4.69, 9.17) is 0 Å². The Hall–Kier alpha value is -2.25. The second kappa shape index (κ2) is 8.19. The number of para-hydroxylation sites is 1. The molecular weight excluding hydrogens is 356 g/mol. The molecule has 7 heteroatoms. The van der Waals surface area contributed by atoms with Crippen molar-refractivity contribution in [2.45, 2.75) is 26.4 Å². The molecule has 1 atom stereocenters. The molecule has 3 aromatic rings. The van der Waals surface area contributed by atoms with Crippen molar-refractivity contribution in [3.05, 3.63) is 58.5 Å². The van der Waals surface area contributed by atoms with Crippen LogP contribution >= 0.6 is 11.3 Å². The van der Waals surface area contributed by atoms with Gasteiger partial charge in [-0.2, -0.15) is 0 Å². The molecule has 0 aliphatic carbocycles. The topological polar surface area (TPSA) is 50.1 Å². The number of thiophene rings is 1. The predicted molar refractivity (Wildman–Crippen MR) is 109 cm³/mol. The molecule has 1 aliphatic rings. The third kappa shape index (κ3) is 4.04. The van der Waals surface area contributed by atoms with Crippen LogP contribution in [0.2, 0.25) is 0 Å². The molecule has 27 heavy (non-hydrogen) atoms. The lowest BCUT2D eigenvalue weighted by Gasteiger charge is -2.41. The smallest absolute Gasteiger partial charge is 0.169 e. The molecule has 1 aliphatic heterocycles. The van der Waals surface area contributed by atoms with E-state index in [1.54, 1.807) is 11.3 Å². The molecule has 0 saturated carbocycles. The summed E-state index contributed by atoms with van der Waals surface area (Å²) in [6.07, 6.45) is 0. The van der Waals surface area contributed by atoms with E-state index in [1.807, 2.05) is 4.68 Å². The van der Waals surface area contributed by atoms with E-state index in [0.717, 1.165) is 38.5 Å². The van der Waals surface area contributed by atoms with E-state index in [-0.39, 0.29) is 6.04 Å². The summed E-state index contributed by atoms with van der Waals surface area (Å²) in [4.78, 5) is 6.28. The van der Waals surface area contributed by atoms with E-state index in [0.29, 0.717) is 5.92 Å². The highest BCUT2D eigenvalue weighted by atomic mass is 32.1. The largest absolute Gasteiger partial charge is 0.369 e. The highest BCUT2D eigenvalue weighted by Crippen LogP contribution is 2.29. The van der Waals surface area contributed by atoms with Gasteiger partial charge >= 0.3 is 0 Å². The fraction of sp³-hybridized carbons (Fsp3) is 0.450. The van der Waals surface area contributed by atoms with Crippen molar-refractivity contribution in [1.82, 2.24) is 25.1 Å². The molecule has 1 aromatic carbocycles. The highest BCUT2D eigenvalue weighted by Gasteiger charge is 2.31. The summed E-state index contributed by atoms with van der Waals surface area (Å²) in [5.41, 5.74) is 1.31. The molecule has 0 N–H and O–H groups in total. The number of benzene rings is 1. The maximum atomic E-state index is 4.42. The van der Waals surface area contributed by atoms with Gasteiger partial charge in [-0.3, -0.25) is 4.90 Å². The molecular formula is C20H26N6S. The molecule has 6 nitrogen and oxygen atoms in total. The Kier molecular flexibility index (Phi) is 5.50. The summed E-state index contributed by atoms with van der Waals surface area (Å²) in [6.45, 7) is 9.36. The third-order valence-corrected chi connectivity index (χ3v) is 6.03. The van der Waals surface area contributed by atoms with Crippen LogP contribution in [-0.4, -0.2) is 51.3 Å². The molecule has 4 rings (SSSR count). The Labute approximate surface area is 164 Å². The van der Waals surface area contributed by atoms with E-state index >= 15 is 0 Å². The molecule has 0 radical (unpaired) electrons. The Morgan fingerprint density at radius 3 is 2.44 bits per heavy atom. The van der Waals surface area contributed by atoms with Crippen molar-refractivity contribution in [2.24, 2.45) is 5.92 Å². The van der Waals surface area contributed by atoms with E-state index in [9.17, 15) is 0 Å². The van der Waals surface area contributed by atoms with Crippen molar-refractivity contribution < 1.29 is 0 Å². The van der Waals surface area contributed by atoms with Gasteiger partial charge in [-0.15, -0.1) is 16.4 Å². The Balaban J connectivity index is 1.49. The average molecular weight is 383 g/mol. The van der Waals surface area contributed by atoms with Crippen molar-refractivity contribution in [2.75, 3.05) is 31.1 Å². The Morgan fingerprint density at radius 2 is 1.78 bits per heavy atom. The number of piperazine rings is 1. The van der Waals surface area contributed by atoms with Crippen molar-refractivity contribution in [1.29, 1.82) is 0 Å². The number of hydrogen-bond acceptors (Lipinski definition) is 6. The van der Waals surface area contributed by atoms with Crippen LogP contribution in [0.5, 0.6) is 0 Å². The van der Waals surface area contributed by atoms with Crippen molar-refractivity contribution in [3.8, 4) is 0 Å². The van der Waals surface area contributed by atoms with Gasteiger partial charge in [0.1, 0.15) is 0 Å². The zero-order valence-corrected chi connectivity index (χ0v) is 16.7. The number of anilines is 1. The lowest BCUT2D eigenvalue weighted by atomic mass is 10.0. The van der Waals surface area contributed by atoms with Crippen molar-refractivity contribution >= 4 is 17.0 Å². The molecule has 1 fully saturated rings. The van der Waals surface area contributed by atoms with Gasteiger partial charge in [0.15, 0.2) is 5.82 Å². The molecule has 142 valence electrons. The first-order valence-electron chi connectivity index (χ1n) is 9.55. The number of aromatic nitrogens is 4. The second-order valence-electron chi connectivity index (χ2n) is 7.32. The normalized spacial score (nSPS) is 16.8. The second-order valence-corrected chi connectivity index (χ2v) is 8.35. The lowest BCUT2D eigenvalue weighted by Crippen LogP contribution is -2.49. The summed E-state index contributed by atoms with van der Waals surface area (Å²) >= 11 is 1.75. The van der Waals surface area contributed by atoms with Crippen LogP contribution in [0.3, 0.4) is 0 Å². The summed E-state index contributed by atoms with van der Waals surface area (Å²) < 4.78 is 1.97. The summed E-state index contributed by atoms with van der Waals surface area (Å²) in [5, 5.41) is 14.8. The fourth-order valence-corrected chi connectivity index (χ4v) is 4.55. The van der Waals surface area contributed by atoms with Crippen molar-refractivity contribution in [3.63, 3.8) is 0 Å². The van der Waals surface area contributed by atoms with Crippen LogP contribution in [0.15, 0.2) is 47.8 Å². The standard InChI is InChI=1S/C20H26N6S/c1-16(2)19(20-21-22-23-26(20)15-18-9-6-14-27-18)25-12-10-24(11-13-25)17-7-4-3-5-8-17/h3-9,14,16,19H,10-13,15H2,1-2H3/t19-/m0/s1. The van der Waals surface area contributed by atoms with Crippen LogP contribution in [0.4, 0.5) is 5.69 Å². The summed E-state index contributed by atoms with van der Waals surface area (Å²) in [5.74, 6) is 1.42. The molecule has 3 heterocycles. The third-order valence-electron chi connectivity index (χ3n) is 5.17. The van der Waals surface area contributed by atoms with Gasteiger partial charge in [0.2, 0.25) is 0 Å². The minimum absolute atomic E-state index is 0.234. The maximum Gasteiger partial charge on any atom is 0.169 e. The van der Waals surface area contributed by atoms with Crippen LogP contribution in [0, 0.1) is 5.92 Å². The first-order valence-corrected chi connectivity index (χ1v) is 10.4. The Bertz CT molecular complexity index is 821. The molecule has 2 aromatic heterocycles. The van der Waals surface area contributed by atoms with Crippen LogP contribution in [0.25, 0.3) is 0 Å². The van der Waals surface area contributed by atoms with Crippen LogP contribution < -0.4 is 4.90 Å². The van der Waals surface area contributed by atoms with Gasteiger partial charge < -0.3 is 4.90 Å². The van der Waals surface area contributed by atoms with Gasteiger partial charge in [-0.25, -0.2) is 4.68 Å². The van der Waals surface area contributed by atoms with Gasteiger partial charge in [0.25, 0.3) is 0 Å². The number of tetrazole rings is 1. The molecule has 0 unspecified atom stereocenters. The average Bonchev–Trinajstić information content (AvgIpc) is 3.36. The summed E-state index contributed by atoms with van der Waals surface area (Å²) in [7, 11) is 0. The summed E-state index contributed by atoms with van der Waals surface area (Å²) in [6, 6.07) is 15.1. The van der Waals surface area contributed by atoms with Crippen LogP contribution in [-0.2, 0) is 6.54 Å². The van der Waals surface area contributed by atoms with E-state index in [1.165, 1.54) is 10.6 Å². The first-order chi connectivity index (χ1) is 13.2. The molecule has 0 amide bonds. The molecule has 0 bridgehead atoms. The van der Waals surface area contributed by atoms with Gasteiger partial charge in [0, 0.05) is 36.7 Å². The first kappa shape index (κ1) is 18.1. The van der Waals surface area contributed by atoms with Crippen LogP contribution in [0.1, 0.15) is 30.6 Å². The van der Waals surface area contributed by atoms with E-state index < -0.39 is 0 Å². The SMILES string of the molecule is CC(C)[C@@H](c1nnnn1Cc1cccs1)N1CCN(c2ccccc2)CC1. The predicted octanol–water partition coefficient (Wildman–Crippen LogP) is 3.30. The highest BCUT2D eigenvalue weighted by molar-refractivity contribution is 7.09. The Morgan fingerprint density at radius 1 is 1.00 bits per heavy atom. The fourth-order valence-electron chi connectivity index (χ4n) is 3.87.